The Morgan fingerprint density at radius 1 is 1.44 bits per heavy atom. The zero-order chi connectivity index (χ0) is 13.3. The van der Waals surface area contributed by atoms with E-state index in [9.17, 15) is 0 Å². The number of hydrogen-bond acceptors (Lipinski definition) is 3. The van der Waals surface area contributed by atoms with Gasteiger partial charge in [0.15, 0.2) is 0 Å². The molecule has 0 amide bonds. The molecule has 0 atom stereocenters. The highest BCUT2D eigenvalue weighted by Gasteiger charge is 2.25. The highest BCUT2D eigenvalue weighted by Crippen LogP contribution is 2.28. The molecule has 0 aromatic carbocycles. The van der Waals surface area contributed by atoms with Crippen molar-refractivity contribution in [2.24, 2.45) is 7.05 Å². The molecule has 0 saturated heterocycles. The van der Waals surface area contributed by atoms with E-state index in [-0.39, 0.29) is 5.60 Å². The standard InChI is InChI=1S/C14H25N3O/c1-6-14(3,4)18-13-12(9-15-11-7-8-11)10(2)16-17(13)5/h11,15H,6-9H2,1-5H3. The van der Waals surface area contributed by atoms with Gasteiger partial charge in [-0.3, -0.25) is 0 Å². The molecule has 1 saturated carbocycles. The summed E-state index contributed by atoms with van der Waals surface area (Å²) in [5.74, 6) is 0.910. The van der Waals surface area contributed by atoms with E-state index >= 15 is 0 Å². The minimum atomic E-state index is -0.144. The number of aryl methyl sites for hydroxylation is 2. The lowest BCUT2D eigenvalue weighted by atomic mass is 10.1. The molecule has 0 radical (unpaired) electrons. The smallest absolute Gasteiger partial charge is 0.216 e. The van der Waals surface area contributed by atoms with E-state index in [2.05, 4.69) is 38.1 Å². The molecule has 2 rings (SSSR count). The molecule has 4 nitrogen and oxygen atoms in total. The lowest BCUT2D eigenvalue weighted by Crippen LogP contribution is -2.29. The Hall–Kier alpha value is -1.03. The van der Waals surface area contributed by atoms with E-state index in [0.717, 1.165) is 24.5 Å². The van der Waals surface area contributed by atoms with Gasteiger partial charge >= 0.3 is 0 Å². The van der Waals surface area contributed by atoms with Crippen molar-refractivity contribution in [2.75, 3.05) is 0 Å². The summed E-state index contributed by atoms with van der Waals surface area (Å²) in [4.78, 5) is 0. The minimum absolute atomic E-state index is 0.144. The second-order valence-electron chi connectivity index (χ2n) is 5.86. The Bertz CT molecular complexity index is 419. The molecule has 0 unspecified atom stereocenters. The van der Waals surface area contributed by atoms with E-state index in [4.69, 9.17) is 4.74 Å². The fraction of sp³-hybridized carbons (Fsp3) is 0.786. The van der Waals surface area contributed by atoms with E-state index in [1.54, 1.807) is 0 Å². The van der Waals surface area contributed by atoms with Gasteiger partial charge in [-0.25, -0.2) is 4.68 Å². The van der Waals surface area contributed by atoms with Gasteiger partial charge in [0.25, 0.3) is 0 Å². The van der Waals surface area contributed by atoms with Crippen molar-refractivity contribution < 1.29 is 4.74 Å². The third-order valence-corrected chi connectivity index (χ3v) is 3.66. The highest BCUT2D eigenvalue weighted by atomic mass is 16.5. The summed E-state index contributed by atoms with van der Waals surface area (Å²) in [6.45, 7) is 9.29. The van der Waals surface area contributed by atoms with Crippen molar-refractivity contribution in [3.05, 3.63) is 11.3 Å². The predicted octanol–water partition coefficient (Wildman–Crippen LogP) is 2.55. The summed E-state index contributed by atoms with van der Waals surface area (Å²) in [6, 6.07) is 0.705. The highest BCUT2D eigenvalue weighted by molar-refractivity contribution is 5.31. The molecule has 0 spiro atoms. The molecule has 1 aliphatic rings. The number of rotatable bonds is 6. The van der Waals surface area contributed by atoms with Crippen molar-refractivity contribution in [1.82, 2.24) is 15.1 Å². The van der Waals surface area contributed by atoms with Gasteiger partial charge in [-0.15, -0.1) is 0 Å². The first-order valence-electron chi connectivity index (χ1n) is 6.88. The Labute approximate surface area is 110 Å². The number of hydrogen-bond donors (Lipinski definition) is 1. The van der Waals surface area contributed by atoms with Crippen LogP contribution < -0.4 is 10.1 Å². The minimum Gasteiger partial charge on any atom is -0.472 e. The SMILES string of the molecule is CCC(C)(C)Oc1c(CNC2CC2)c(C)nn1C. The zero-order valence-corrected chi connectivity index (χ0v) is 12.2. The molecular formula is C14H25N3O. The first-order chi connectivity index (χ1) is 8.43. The van der Waals surface area contributed by atoms with Crippen LogP contribution in [0.15, 0.2) is 0 Å². The summed E-state index contributed by atoms with van der Waals surface area (Å²) < 4.78 is 8.00. The number of nitrogens with one attached hydrogen (secondary N) is 1. The van der Waals surface area contributed by atoms with Crippen LogP contribution >= 0.6 is 0 Å². The van der Waals surface area contributed by atoms with E-state index in [0.29, 0.717) is 6.04 Å². The van der Waals surface area contributed by atoms with Crippen LogP contribution in [0, 0.1) is 6.92 Å². The largest absolute Gasteiger partial charge is 0.472 e. The van der Waals surface area contributed by atoms with Gasteiger partial charge < -0.3 is 10.1 Å². The van der Waals surface area contributed by atoms with E-state index in [1.165, 1.54) is 18.4 Å². The van der Waals surface area contributed by atoms with Crippen LogP contribution in [-0.2, 0) is 13.6 Å². The van der Waals surface area contributed by atoms with Gasteiger partial charge in [0.05, 0.1) is 11.3 Å². The number of aromatic nitrogens is 2. The lowest BCUT2D eigenvalue weighted by Gasteiger charge is -2.25. The van der Waals surface area contributed by atoms with Gasteiger partial charge in [-0.05, 0) is 40.0 Å². The average Bonchev–Trinajstić information content (AvgIpc) is 3.07. The maximum atomic E-state index is 6.15. The molecule has 1 aliphatic carbocycles. The fourth-order valence-corrected chi connectivity index (χ4v) is 1.88. The van der Waals surface area contributed by atoms with Crippen LogP contribution in [0.2, 0.25) is 0 Å². The van der Waals surface area contributed by atoms with Crippen molar-refractivity contribution >= 4 is 0 Å². The summed E-state index contributed by atoms with van der Waals surface area (Å²) in [7, 11) is 1.95. The van der Waals surface area contributed by atoms with Gasteiger partial charge in [-0.2, -0.15) is 5.10 Å². The molecule has 102 valence electrons. The fourth-order valence-electron chi connectivity index (χ4n) is 1.88. The van der Waals surface area contributed by atoms with Gasteiger partial charge in [0.2, 0.25) is 5.88 Å². The van der Waals surface area contributed by atoms with E-state index in [1.807, 2.05) is 11.7 Å². The van der Waals surface area contributed by atoms with Crippen molar-refractivity contribution in [1.29, 1.82) is 0 Å². The maximum Gasteiger partial charge on any atom is 0.216 e. The topological polar surface area (TPSA) is 39.1 Å². The molecule has 1 aromatic rings. The first kappa shape index (κ1) is 13.4. The first-order valence-corrected chi connectivity index (χ1v) is 6.88. The molecule has 1 fully saturated rings. The monoisotopic (exact) mass is 251 g/mol. The summed E-state index contributed by atoms with van der Waals surface area (Å²) >= 11 is 0. The van der Waals surface area contributed by atoms with Crippen molar-refractivity contribution in [3.8, 4) is 5.88 Å². The van der Waals surface area contributed by atoms with Crippen LogP contribution in [0.25, 0.3) is 0 Å². The van der Waals surface area contributed by atoms with Crippen molar-refractivity contribution in [2.45, 2.75) is 65.1 Å². The summed E-state index contributed by atoms with van der Waals surface area (Å²) in [5.41, 5.74) is 2.12. The summed E-state index contributed by atoms with van der Waals surface area (Å²) in [6.07, 6.45) is 3.58. The number of ether oxygens (including phenoxy) is 1. The Morgan fingerprint density at radius 3 is 2.67 bits per heavy atom. The molecule has 0 bridgehead atoms. The quantitative estimate of drug-likeness (QED) is 0.844. The normalized spacial score (nSPS) is 16.1. The second kappa shape index (κ2) is 4.92. The third-order valence-electron chi connectivity index (χ3n) is 3.66. The third kappa shape index (κ3) is 3.05. The predicted molar refractivity (Wildman–Crippen MR) is 72.8 cm³/mol. The van der Waals surface area contributed by atoms with Crippen LogP contribution in [0.4, 0.5) is 0 Å². The molecular weight excluding hydrogens is 226 g/mol. The molecule has 1 aromatic heterocycles. The lowest BCUT2D eigenvalue weighted by molar-refractivity contribution is 0.0917. The van der Waals surface area contributed by atoms with Crippen LogP contribution in [0.1, 0.15) is 51.3 Å². The molecule has 1 heterocycles. The number of nitrogens with zero attached hydrogens (tertiary/aromatic N) is 2. The van der Waals surface area contributed by atoms with Gasteiger partial charge in [0, 0.05) is 19.6 Å². The summed E-state index contributed by atoms with van der Waals surface area (Å²) in [5, 5.41) is 8.02. The van der Waals surface area contributed by atoms with Crippen LogP contribution in [0.5, 0.6) is 5.88 Å². The van der Waals surface area contributed by atoms with Crippen molar-refractivity contribution in [3.63, 3.8) is 0 Å². The Balaban J connectivity index is 2.15. The maximum absolute atomic E-state index is 6.15. The van der Waals surface area contributed by atoms with Crippen LogP contribution in [0.3, 0.4) is 0 Å². The second-order valence-corrected chi connectivity index (χ2v) is 5.86. The molecule has 0 aliphatic heterocycles. The molecule has 18 heavy (non-hydrogen) atoms. The molecule has 1 N–H and O–H groups in total. The van der Waals surface area contributed by atoms with Gasteiger partial charge in [0.1, 0.15) is 5.60 Å². The van der Waals surface area contributed by atoms with Crippen LogP contribution in [-0.4, -0.2) is 21.4 Å². The Kier molecular flexibility index (Phi) is 3.66. The molecule has 4 heteroatoms. The van der Waals surface area contributed by atoms with E-state index < -0.39 is 0 Å². The Morgan fingerprint density at radius 2 is 2.11 bits per heavy atom. The average molecular weight is 251 g/mol. The zero-order valence-electron chi connectivity index (χ0n) is 12.2. The van der Waals surface area contributed by atoms with Gasteiger partial charge in [-0.1, -0.05) is 6.92 Å².